The van der Waals surface area contributed by atoms with Crippen LogP contribution in [0.4, 0.5) is 6.01 Å². The van der Waals surface area contributed by atoms with E-state index in [1.807, 2.05) is 6.07 Å². The Labute approximate surface area is 185 Å². The quantitative estimate of drug-likeness (QED) is 0.271. The largest absolute Gasteiger partial charge is 0.403 e. The van der Waals surface area contributed by atoms with Crippen molar-refractivity contribution in [3.8, 4) is 22.6 Å². The van der Waals surface area contributed by atoms with Crippen molar-refractivity contribution in [2.24, 2.45) is 0 Å². The molecule has 0 radical (unpaired) electrons. The highest BCUT2D eigenvalue weighted by molar-refractivity contribution is 6.34. The SMILES string of the molecule is O=C1OC(=O)c2cc(-c3ccc4c(c3)C(=O)N(c3nnc(-c5ccccc5)o3)C4=O)ccc21. The van der Waals surface area contributed by atoms with Crippen molar-refractivity contribution < 1.29 is 28.3 Å². The predicted octanol–water partition coefficient (Wildman–Crippen LogP) is 3.51. The van der Waals surface area contributed by atoms with Gasteiger partial charge in [0.25, 0.3) is 11.8 Å². The van der Waals surface area contributed by atoms with Crippen molar-refractivity contribution in [3.05, 3.63) is 89.0 Å². The van der Waals surface area contributed by atoms with Crippen molar-refractivity contribution in [2.45, 2.75) is 0 Å². The maximum atomic E-state index is 13.1. The van der Waals surface area contributed by atoms with E-state index in [4.69, 9.17) is 4.42 Å². The number of aromatic nitrogens is 2. The van der Waals surface area contributed by atoms with E-state index in [2.05, 4.69) is 14.9 Å². The molecule has 0 N–H and O–H groups in total. The number of imide groups is 1. The normalized spacial score (nSPS) is 14.5. The van der Waals surface area contributed by atoms with E-state index in [9.17, 15) is 19.2 Å². The van der Waals surface area contributed by atoms with Gasteiger partial charge in [-0.3, -0.25) is 9.59 Å². The lowest BCUT2D eigenvalue weighted by Crippen LogP contribution is -2.29. The summed E-state index contributed by atoms with van der Waals surface area (Å²) in [5, 5.41) is 7.82. The van der Waals surface area contributed by atoms with Crippen molar-refractivity contribution in [2.75, 3.05) is 4.90 Å². The first-order valence-corrected chi connectivity index (χ1v) is 9.84. The van der Waals surface area contributed by atoms with Crippen LogP contribution in [0.2, 0.25) is 0 Å². The minimum Gasteiger partial charge on any atom is -0.403 e. The summed E-state index contributed by atoms with van der Waals surface area (Å²) in [5.74, 6) is -2.41. The van der Waals surface area contributed by atoms with Crippen LogP contribution in [0.1, 0.15) is 41.4 Å². The number of hydrogen-bond donors (Lipinski definition) is 0. The summed E-state index contributed by atoms with van der Waals surface area (Å²) in [6.45, 7) is 0. The summed E-state index contributed by atoms with van der Waals surface area (Å²) >= 11 is 0. The number of fused-ring (bicyclic) bond motifs is 2. The molecule has 3 heterocycles. The van der Waals surface area contributed by atoms with Gasteiger partial charge in [-0.05, 0) is 47.5 Å². The minimum atomic E-state index is -0.721. The molecule has 9 heteroatoms. The number of cyclic esters (lactones) is 2. The summed E-state index contributed by atoms with van der Waals surface area (Å²) in [4.78, 5) is 50.4. The van der Waals surface area contributed by atoms with Crippen molar-refractivity contribution in [3.63, 3.8) is 0 Å². The highest BCUT2D eigenvalue weighted by Crippen LogP contribution is 2.33. The molecule has 1 aromatic heterocycles. The van der Waals surface area contributed by atoms with Crippen LogP contribution in [0.15, 0.2) is 71.1 Å². The third kappa shape index (κ3) is 2.79. The highest BCUT2D eigenvalue weighted by atomic mass is 16.6. The molecular formula is C24H11N3O6. The molecule has 0 spiro atoms. The number of nitrogens with zero attached hydrogens (tertiary/aromatic N) is 3. The lowest BCUT2D eigenvalue weighted by molar-refractivity contribution is 0.0443. The molecule has 4 aromatic rings. The third-order valence-electron chi connectivity index (χ3n) is 5.49. The highest BCUT2D eigenvalue weighted by Gasteiger charge is 2.40. The monoisotopic (exact) mass is 437 g/mol. The topological polar surface area (TPSA) is 120 Å². The standard InChI is InChI=1S/C24H11N3O6/c28-20-15-8-6-13(14-7-9-16-18(11-14)23(31)33-22(16)30)10-17(15)21(29)27(20)24-26-25-19(32-24)12-4-2-1-3-5-12/h1-11H. The summed E-state index contributed by atoms with van der Waals surface area (Å²) < 4.78 is 10.2. The van der Waals surface area contributed by atoms with Crippen LogP contribution >= 0.6 is 0 Å². The smallest absolute Gasteiger partial charge is 0.346 e. The first kappa shape index (κ1) is 18.8. The summed E-state index contributed by atoms with van der Waals surface area (Å²) in [7, 11) is 0. The van der Waals surface area contributed by atoms with E-state index < -0.39 is 23.8 Å². The molecule has 3 aromatic carbocycles. The number of hydrogen-bond acceptors (Lipinski definition) is 8. The van der Waals surface area contributed by atoms with E-state index in [0.29, 0.717) is 16.7 Å². The molecule has 2 amide bonds. The average Bonchev–Trinajstić information content (AvgIpc) is 3.50. The van der Waals surface area contributed by atoms with Crippen molar-refractivity contribution in [1.82, 2.24) is 10.2 Å². The molecule has 2 aliphatic heterocycles. The van der Waals surface area contributed by atoms with Gasteiger partial charge in [0.15, 0.2) is 0 Å². The molecule has 6 rings (SSSR count). The zero-order valence-electron chi connectivity index (χ0n) is 16.6. The van der Waals surface area contributed by atoms with Crippen LogP contribution in [-0.4, -0.2) is 34.0 Å². The Hall–Kier alpha value is -4.92. The lowest BCUT2D eigenvalue weighted by atomic mass is 9.97. The van der Waals surface area contributed by atoms with Gasteiger partial charge in [-0.2, -0.15) is 4.90 Å². The van der Waals surface area contributed by atoms with Gasteiger partial charge in [0.1, 0.15) is 0 Å². The Balaban J connectivity index is 1.36. The van der Waals surface area contributed by atoms with Gasteiger partial charge in [0.05, 0.1) is 22.3 Å². The van der Waals surface area contributed by atoms with Crippen LogP contribution in [0.25, 0.3) is 22.6 Å². The van der Waals surface area contributed by atoms with Crippen LogP contribution in [0.3, 0.4) is 0 Å². The summed E-state index contributed by atoms with van der Waals surface area (Å²) in [6, 6.07) is 18.1. The fourth-order valence-corrected chi connectivity index (χ4v) is 3.86. The van der Waals surface area contributed by atoms with E-state index in [1.165, 1.54) is 18.2 Å². The Morgan fingerprint density at radius 1 is 0.606 bits per heavy atom. The van der Waals surface area contributed by atoms with E-state index in [1.54, 1.807) is 42.5 Å². The number of amides is 2. The molecule has 0 saturated heterocycles. The van der Waals surface area contributed by atoms with Crippen LogP contribution in [0, 0.1) is 0 Å². The molecule has 0 bridgehead atoms. The Bertz CT molecular complexity index is 1520. The maximum Gasteiger partial charge on any atom is 0.346 e. The number of anilines is 1. The fraction of sp³-hybridized carbons (Fsp3) is 0. The molecular weight excluding hydrogens is 426 g/mol. The van der Waals surface area contributed by atoms with E-state index >= 15 is 0 Å². The number of esters is 2. The van der Waals surface area contributed by atoms with Crippen molar-refractivity contribution in [1.29, 1.82) is 0 Å². The second kappa shape index (κ2) is 6.79. The van der Waals surface area contributed by atoms with Gasteiger partial charge >= 0.3 is 18.0 Å². The van der Waals surface area contributed by atoms with E-state index in [-0.39, 0.29) is 34.2 Å². The first-order valence-electron chi connectivity index (χ1n) is 9.84. The molecule has 0 fully saturated rings. The number of benzene rings is 3. The molecule has 0 unspecified atom stereocenters. The third-order valence-corrected chi connectivity index (χ3v) is 5.49. The average molecular weight is 437 g/mol. The Morgan fingerprint density at radius 2 is 1.24 bits per heavy atom. The second-order valence-corrected chi connectivity index (χ2v) is 7.40. The van der Waals surface area contributed by atoms with Crippen LogP contribution < -0.4 is 4.90 Å². The fourth-order valence-electron chi connectivity index (χ4n) is 3.86. The van der Waals surface area contributed by atoms with Gasteiger partial charge in [0, 0.05) is 5.56 Å². The van der Waals surface area contributed by atoms with Gasteiger partial charge in [-0.25, -0.2) is 9.59 Å². The predicted molar refractivity (Wildman–Crippen MR) is 112 cm³/mol. The molecule has 0 saturated carbocycles. The van der Waals surface area contributed by atoms with Crippen LogP contribution in [0.5, 0.6) is 0 Å². The van der Waals surface area contributed by atoms with Crippen molar-refractivity contribution >= 4 is 29.8 Å². The Morgan fingerprint density at radius 3 is 2.00 bits per heavy atom. The number of ether oxygens (including phenoxy) is 1. The second-order valence-electron chi connectivity index (χ2n) is 7.40. The van der Waals surface area contributed by atoms with Gasteiger partial charge < -0.3 is 9.15 Å². The zero-order valence-corrected chi connectivity index (χ0v) is 16.6. The van der Waals surface area contributed by atoms with Gasteiger partial charge in [-0.1, -0.05) is 35.4 Å². The molecule has 0 aliphatic carbocycles. The van der Waals surface area contributed by atoms with Gasteiger partial charge in [0.2, 0.25) is 5.89 Å². The summed E-state index contributed by atoms with van der Waals surface area (Å²) in [6.07, 6.45) is 0. The number of carbonyl (C=O) groups is 4. The Kier molecular flexibility index (Phi) is 3.87. The lowest BCUT2D eigenvalue weighted by Gasteiger charge is -2.06. The molecule has 158 valence electrons. The zero-order chi connectivity index (χ0) is 22.7. The maximum absolute atomic E-state index is 13.1. The minimum absolute atomic E-state index is 0.154. The first-order chi connectivity index (χ1) is 16.0. The molecule has 33 heavy (non-hydrogen) atoms. The molecule has 2 aliphatic rings. The van der Waals surface area contributed by atoms with Crippen LogP contribution in [-0.2, 0) is 4.74 Å². The van der Waals surface area contributed by atoms with Gasteiger partial charge in [-0.15, -0.1) is 5.10 Å². The number of rotatable bonds is 3. The van der Waals surface area contributed by atoms with E-state index in [0.717, 1.165) is 4.90 Å². The molecule has 0 atom stereocenters. The number of carbonyl (C=O) groups excluding carboxylic acids is 4. The molecule has 9 nitrogen and oxygen atoms in total. The summed E-state index contributed by atoms with van der Waals surface area (Å²) in [5.41, 5.74) is 2.53.